The van der Waals surface area contributed by atoms with Crippen molar-refractivity contribution in [2.75, 3.05) is 19.5 Å². The number of nitrogens with zero attached hydrogens (tertiary/aromatic N) is 2. The van der Waals surface area contributed by atoms with E-state index in [2.05, 4.69) is 5.32 Å². The van der Waals surface area contributed by atoms with Crippen LogP contribution in [0.25, 0.3) is 11.0 Å². The molecule has 0 aliphatic carbocycles. The summed E-state index contributed by atoms with van der Waals surface area (Å²) in [7, 11) is 3.22. The van der Waals surface area contributed by atoms with E-state index in [4.69, 9.17) is 26.1 Å². The van der Waals surface area contributed by atoms with Crippen molar-refractivity contribution in [1.29, 1.82) is 0 Å². The molecule has 4 rings (SSSR count). The van der Waals surface area contributed by atoms with Gasteiger partial charge in [-0.1, -0.05) is 29.8 Å². The van der Waals surface area contributed by atoms with Gasteiger partial charge in [0.05, 0.1) is 25.3 Å². The highest BCUT2D eigenvalue weighted by molar-refractivity contribution is 6.30. The van der Waals surface area contributed by atoms with Crippen LogP contribution in [0.15, 0.2) is 66.7 Å². The predicted molar refractivity (Wildman–Crippen MR) is 122 cm³/mol. The molecule has 0 saturated heterocycles. The van der Waals surface area contributed by atoms with Crippen LogP contribution in [0.3, 0.4) is 0 Å². The lowest BCUT2D eigenvalue weighted by atomic mass is 10.1. The monoisotopic (exact) mass is 435 g/mol. The van der Waals surface area contributed by atoms with Crippen molar-refractivity contribution in [3.05, 3.63) is 83.1 Å². The van der Waals surface area contributed by atoms with Gasteiger partial charge in [-0.2, -0.15) is 0 Å². The number of halogens is 1. The fourth-order valence-corrected chi connectivity index (χ4v) is 3.61. The zero-order valence-electron chi connectivity index (χ0n) is 17.3. The molecule has 31 heavy (non-hydrogen) atoms. The molecule has 0 aliphatic heterocycles. The number of carbonyl (C=O) groups is 1. The van der Waals surface area contributed by atoms with E-state index in [0.29, 0.717) is 28.6 Å². The number of fused-ring (bicyclic) bond motifs is 1. The first kappa shape index (κ1) is 20.8. The van der Waals surface area contributed by atoms with Gasteiger partial charge in [0, 0.05) is 17.1 Å². The van der Waals surface area contributed by atoms with Gasteiger partial charge in [-0.3, -0.25) is 4.79 Å². The van der Waals surface area contributed by atoms with E-state index in [9.17, 15) is 4.79 Å². The van der Waals surface area contributed by atoms with E-state index < -0.39 is 0 Å². The second-order valence-electron chi connectivity index (χ2n) is 7.02. The summed E-state index contributed by atoms with van der Waals surface area (Å²) < 4.78 is 12.7. The van der Waals surface area contributed by atoms with Gasteiger partial charge >= 0.3 is 0 Å². The Kier molecular flexibility index (Phi) is 6.09. The van der Waals surface area contributed by atoms with Crippen LogP contribution in [0.4, 0.5) is 5.69 Å². The molecule has 4 aromatic rings. The second-order valence-corrected chi connectivity index (χ2v) is 7.46. The first-order valence-corrected chi connectivity index (χ1v) is 10.2. The van der Waals surface area contributed by atoms with Crippen LogP contribution in [-0.4, -0.2) is 29.7 Å². The lowest BCUT2D eigenvalue weighted by molar-refractivity contribution is -0.116. The average Bonchev–Trinajstić information content (AvgIpc) is 3.12. The first-order chi connectivity index (χ1) is 15.1. The number of amides is 1. The van der Waals surface area contributed by atoms with Crippen LogP contribution in [0.2, 0.25) is 5.02 Å². The van der Waals surface area contributed by atoms with Gasteiger partial charge in [0.15, 0.2) is 11.5 Å². The number of rotatable bonds is 7. The van der Waals surface area contributed by atoms with Gasteiger partial charge in [-0.25, -0.2) is 4.98 Å². The number of carbonyl (C=O) groups excluding carboxylic acids is 1. The summed E-state index contributed by atoms with van der Waals surface area (Å²) in [5.41, 5.74) is 3.45. The number of benzene rings is 3. The fourth-order valence-electron chi connectivity index (χ4n) is 3.49. The largest absolute Gasteiger partial charge is 0.493 e. The lowest BCUT2D eigenvalue weighted by Crippen LogP contribution is -2.20. The van der Waals surface area contributed by atoms with Gasteiger partial charge in [0.2, 0.25) is 5.91 Å². The van der Waals surface area contributed by atoms with Crippen LogP contribution in [0.1, 0.15) is 11.4 Å². The zero-order valence-corrected chi connectivity index (χ0v) is 18.0. The first-order valence-electron chi connectivity index (χ1n) is 9.78. The van der Waals surface area contributed by atoms with E-state index in [0.717, 1.165) is 22.4 Å². The number of ether oxygens (including phenoxy) is 2. The number of hydrogen-bond acceptors (Lipinski definition) is 4. The molecular formula is C24H22ClN3O3. The highest BCUT2D eigenvalue weighted by Crippen LogP contribution is 2.29. The van der Waals surface area contributed by atoms with Crippen LogP contribution >= 0.6 is 11.6 Å². The lowest BCUT2D eigenvalue weighted by Gasteiger charge is -2.12. The Balaban J connectivity index is 1.63. The third kappa shape index (κ3) is 4.64. The Morgan fingerprint density at radius 1 is 1.00 bits per heavy atom. The van der Waals surface area contributed by atoms with Crippen molar-refractivity contribution < 1.29 is 14.3 Å². The topological polar surface area (TPSA) is 65.4 Å². The minimum absolute atomic E-state index is 0.140. The van der Waals surface area contributed by atoms with Crippen LogP contribution in [0, 0.1) is 0 Å². The molecule has 0 aliphatic rings. The van der Waals surface area contributed by atoms with Crippen LogP contribution in [-0.2, 0) is 17.8 Å². The van der Waals surface area contributed by atoms with Crippen molar-refractivity contribution in [1.82, 2.24) is 9.55 Å². The molecule has 0 spiro atoms. The molecule has 6 nitrogen and oxygen atoms in total. The SMILES string of the molecule is COc1ccc(Cc2nc3ccccc3n2CC(=O)Nc2ccc(Cl)cc2)cc1OC. The molecule has 1 amide bonds. The maximum Gasteiger partial charge on any atom is 0.244 e. The standard InChI is InChI=1S/C24H22ClN3O3/c1-30-21-12-7-16(13-22(21)31-2)14-23-27-19-5-3-4-6-20(19)28(23)15-24(29)26-18-10-8-17(25)9-11-18/h3-13H,14-15H2,1-2H3,(H,26,29). The summed E-state index contributed by atoms with van der Waals surface area (Å²) in [5.74, 6) is 1.98. The molecule has 1 N–H and O–H groups in total. The van der Waals surface area contributed by atoms with Gasteiger partial charge < -0.3 is 19.4 Å². The predicted octanol–water partition coefficient (Wildman–Crippen LogP) is 4.94. The van der Waals surface area contributed by atoms with Crippen molar-refractivity contribution in [2.24, 2.45) is 0 Å². The van der Waals surface area contributed by atoms with E-state index in [-0.39, 0.29) is 12.5 Å². The van der Waals surface area contributed by atoms with E-state index in [1.54, 1.807) is 38.5 Å². The van der Waals surface area contributed by atoms with Crippen molar-refractivity contribution >= 4 is 34.2 Å². The third-order valence-electron chi connectivity index (χ3n) is 4.97. The molecule has 0 atom stereocenters. The number of aromatic nitrogens is 2. The highest BCUT2D eigenvalue weighted by atomic mass is 35.5. The molecule has 0 unspecified atom stereocenters. The Labute approximate surface area is 185 Å². The van der Waals surface area contributed by atoms with Crippen molar-refractivity contribution in [2.45, 2.75) is 13.0 Å². The number of methoxy groups -OCH3 is 2. The van der Waals surface area contributed by atoms with Gasteiger partial charge in [-0.05, 0) is 54.1 Å². The molecule has 0 saturated carbocycles. The number of nitrogens with one attached hydrogen (secondary N) is 1. The molecule has 7 heteroatoms. The summed E-state index contributed by atoms with van der Waals surface area (Å²) in [6.07, 6.45) is 0.545. The van der Waals surface area contributed by atoms with Crippen molar-refractivity contribution in [3.8, 4) is 11.5 Å². The minimum Gasteiger partial charge on any atom is -0.493 e. The Morgan fingerprint density at radius 3 is 2.48 bits per heavy atom. The summed E-state index contributed by atoms with van der Waals surface area (Å²) in [4.78, 5) is 17.5. The smallest absolute Gasteiger partial charge is 0.244 e. The zero-order chi connectivity index (χ0) is 21.8. The Hall–Kier alpha value is -3.51. The summed E-state index contributed by atoms with van der Waals surface area (Å²) in [6.45, 7) is 0.145. The number of anilines is 1. The Morgan fingerprint density at radius 2 is 1.74 bits per heavy atom. The van der Waals surface area contributed by atoms with Gasteiger partial charge in [-0.15, -0.1) is 0 Å². The third-order valence-corrected chi connectivity index (χ3v) is 5.23. The summed E-state index contributed by atoms with van der Waals surface area (Å²) >= 11 is 5.93. The van der Waals surface area contributed by atoms with E-state index in [1.807, 2.05) is 47.0 Å². The highest BCUT2D eigenvalue weighted by Gasteiger charge is 2.15. The summed E-state index contributed by atoms with van der Waals surface area (Å²) in [5, 5.41) is 3.53. The minimum atomic E-state index is -0.140. The normalized spacial score (nSPS) is 10.8. The molecule has 3 aromatic carbocycles. The average molecular weight is 436 g/mol. The molecule has 1 aromatic heterocycles. The molecule has 0 radical (unpaired) electrons. The van der Waals surface area contributed by atoms with Gasteiger partial charge in [0.1, 0.15) is 12.4 Å². The fraction of sp³-hybridized carbons (Fsp3) is 0.167. The quantitative estimate of drug-likeness (QED) is 0.446. The van der Waals surface area contributed by atoms with Crippen LogP contribution < -0.4 is 14.8 Å². The van der Waals surface area contributed by atoms with Gasteiger partial charge in [0.25, 0.3) is 0 Å². The maximum absolute atomic E-state index is 12.8. The Bertz CT molecular complexity index is 1220. The van der Waals surface area contributed by atoms with Crippen molar-refractivity contribution in [3.63, 3.8) is 0 Å². The molecule has 158 valence electrons. The molecule has 0 bridgehead atoms. The molecule has 1 heterocycles. The molecule has 0 fully saturated rings. The maximum atomic E-state index is 12.8. The van der Waals surface area contributed by atoms with E-state index >= 15 is 0 Å². The van der Waals surface area contributed by atoms with E-state index in [1.165, 1.54) is 0 Å². The number of imidazole rings is 1. The second kappa shape index (κ2) is 9.10. The summed E-state index contributed by atoms with van der Waals surface area (Å²) in [6, 6.07) is 20.6. The van der Waals surface area contributed by atoms with Crippen LogP contribution in [0.5, 0.6) is 11.5 Å². The number of para-hydroxylation sites is 2. The molecular weight excluding hydrogens is 414 g/mol. The number of hydrogen-bond donors (Lipinski definition) is 1.